The molecule has 0 aliphatic heterocycles. The number of carbonyl (C=O) groups is 1. The van der Waals surface area contributed by atoms with Crippen LogP contribution in [0.3, 0.4) is 0 Å². The number of amides is 1. The number of para-hydroxylation sites is 1. The van der Waals surface area contributed by atoms with Crippen molar-refractivity contribution in [1.29, 1.82) is 0 Å². The Kier molecular flexibility index (Phi) is 5.01. The zero-order valence-electron chi connectivity index (χ0n) is 12.6. The number of aromatic amines is 1. The van der Waals surface area contributed by atoms with Gasteiger partial charge in [0.25, 0.3) is 5.91 Å². The van der Waals surface area contributed by atoms with E-state index in [1.807, 2.05) is 24.3 Å². The summed E-state index contributed by atoms with van der Waals surface area (Å²) in [5, 5.41) is 20.2. The van der Waals surface area contributed by atoms with Crippen molar-refractivity contribution in [2.45, 2.75) is 9.79 Å². The lowest BCUT2D eigenvalue weighted by Crippen LogP contribution is -2.14. The third kappa shape index (κ3) is 3.98. The van der Waals surface area contributed by atoms with Gasteiger partial charge in [-0.1, -0.05) is 35.5 Å². The fourth-order valence-electron chi connectivity index (χ4n) is 2.06. The van der Waals surface area contributed by atoms with Crippen molar-refractivity contribution in [3.8, 4) is 0 Å². The van der Waals surface area contributed by atoms with E-state index in [1.54, 1.807) is 24.3 Å². The van der Waals surface area contributed by atoms with Gasteiger partial charge in [0.1, 0.15) is 6.20 Å². The number of H-pyrrole nitrogens is 1. The van der Waals surface area contributed by atoms with Gasteiger partial charge >= 0.3 is 5.69 Å². The van der Waals surface area contributed by atoms with Crippen LogP contribution in [0.15, 0.2) is 64.5 Å². The predicted molar refractivity (Wildman–Crippen MR) is 95.2 cm³/mol. The van der Waals surface area contributed by atoms with Crippen LogP contribution >= 0.6 is 23.4 Å². The number of anilines is 1. The smallest absolute Gasteiger partial charge is 0.319 e. The molecule has 0 radical (unpaired) electrons. The van der Waals surface area contributed by atoms with Crippen molar-refractivity contribution in [3.63, 3.8) is 0 Å². The van der Waals surface area contributed by atoms with Gasteiger partial charge < -0.3 is 5.32 Å². The maximum atomic E-state index is 12.3. The SMILES string of the molecule is O=C(Nc1ccccc1Sc1ccc(Cl)cc1)c1[nH]ncc1[N+](=O)[O-]. The first kappa shape index (κ1) is 17.0. The van der Waals surface area contributed by atoms with Crippen molar-refractivity contribution >= 4 is 40.6 Å². The second-order valence-corrected chi connectivity index (χ2v) is 6.45. The molecule has 0 spiro atoms. The number of halogens is 1. The van der Waals surface area contributed by atoms with Crippen LogP contribution in [0.4, 0.5) is 11.4 Å². The first-order valence-corrected chi connectivity index (χ1v) is 8.25. The van der Waals surface area contributed by atoms with E-state index in [0.717, 1.165) is 16.0 Å². The summed E-state index contributed by atoms with van der Waals surface area (Å²) in [6.45, 7) is 0. The quantitative estimate of drug-likeness (QED) is 0.510. The van der Waals surface area contributed by atoms with Gasteiger partial charge in [-0.05, 0) is 36.4 Å². The molecule has 0 fully saturated rings. The van der Waals surface area contributed by atoms with Gasteiger partial charge in [-0.3, -0.25) is 20.0 Å². The number of nitro groups is 1. The molecule has 1 aromatic heterocycles. The molecule has 1 amide bonds. The molecule has 0 saturated carbocycles. The average molecular weight is 375 g/mol. The Labute approximate surface area is 151 Å². The minimum atomic E-state index is -0.660. The molecule has 0 bridgehead atoms. The van der Waals surface area contributed by atoms with Gasteiger partial charge in [0.15, 0.2) is 0 Å². The van der Waals surface area contributed by atoms with Crippen LogP contribution in [0.1, 0.15) is 10.5 Å². The number of hydrogen-bond donors (Lipinski definition) is 2. The van der Waals surface area contributed by atoms with Crippen LogP contribution in [-0.4, -0.2) is 21.0 Å². The molecule has 0 saturated heterocycles. The summed E-state index contributed by atoms with van der Waals surface area (Å²) in [5.41, 5.74) is -0.0343. The van der Waals surface area contributed by atoms with E-state index >= 15 is 0 Å². The molecule has 0 atom stereocenters. The zero-order chi connectivity index (χ0) is 17.8. The minimum Gasteiger partial charge on any atom is -0.319 e. The van der Waals surface area contributed by atoms with Gasteiger partial charge in [0.05, 0.1) is 10.6 Å². The van der Waals surface area contributed by atoms with Crippen LogP contribution < -0.4 is 5.32 Å². The molecule has 1 heterocycles. The number of rotatable bonds is 5. The number of nitrogens with zero attached hydrogens (tertiary/aromatic N) is 2. The largest absolute Gasteiger partial charge is 0.319 e. The highest BCUT2D eigenvalue weighted by molar-refractivity contribution is 7.99. The second kappa shape index (κ2) is 7.37. The molecule has 0 aliphatic rings. The molecule has 2 N–H and O–H groups in total. The Bertz CT molecular complexity index is 927. The van der Waals surface area contributed by atoms with E-state index in [1.165, 1.54) is 11.8 Å². The number of carbonyl (C=O) groups excluding carboxylic acids is 1. The highest BCUT2D eigenvalue weighted by atomic mass is 35.5. The molecule has 9 heteroatoms. The molecule has 2 aromatic carbocycles. The Morgan fingerprint density at radius 3 is 2.64 bits per heavy atom. The lowest BCUT2D eigenvalue weighted by molar-refractivity contribution is -0.385. The number of aromatic nitrogens is 2. The monoisotopic (exact) mass is 374 g/mol. The van der Waals surface area contributed by atoms with Crippen LogP contribution in [0.5, 0.6) is 0 Å². The minimum absolute atomic E-state index is 0.198. The van der Waals surface area contributed by atoms with E-state index in [4.69, 9.17) is 11.6 Å². The summed E-state index contributed by atoms with van der Waals surface area (Å²) in [4.78, 5) is 24.3. The van der Waals surface area contributed by atoms with Gasteiger partial charge in [0.2, 0.25) is 5.69 Å². The molecule has 3 aromatic rings. The highest BCUT2D eigenvalue weighted by Crippen LogP contribution is 2.34. The third-order valence-corrected chi connectivity index (χ3v) is 4.56. The summed E-state index contributed by atoms with van der Waals surface area (Å²) in [6, 6.07) is 14.5. The summed E-state index contributed by atoms with van der Waals surface area (Å²) < 4.78 is 0. The lowest BCUT2D eigenvalue weighted by Gasteiger charge is -2.10. The van der Waals surface area contributed by atoms with Gasteiger partial charge in [-0.15, -0.1) is 0 Å². The Hall–Kier alpha value is -2.84. The summed E-state index contributed by atoms with van der Waals surface area (Å²) >= 11 is 7.32. The van der Waals surface area contributed by atoms with Gasteiger partial charge in [0, 0.05) is 14.8 Å². The molecule has 0 aliphatic carbocycles. The second-order valence-electron chi connectivity index (χ2n) is 4.89. The first-order valence-electron chi connectivity index (χ1n) is 7.06. The van der Waals surface area contributed by atoms with Crippen molar-refractivity contribution in [2.75, 3.05) is 5.32 Å². The normalized spacial score (nSPS) is 10.4. The zero-order valence-corrected chi connectivity index (χ0v) is 14.2. The number of benzene rings is 2. The summed E-state index contributed by atoms with van der Waals surface area (Å²) in [6.07, 6.45) is 1.00. The van der Waals surface area contributed by atoms with E-state index in [0.29, 0.717) is 10.7 Å². The summed E-state index contributed by atoms with van der Waals surface area (Å²) in [7, 11) is 0. The van der Waals surface area contributed by atoms with Crippen molar-refractivity contribution < 1.29 is 9.72 Å². The maximum absolute atomic E-state index is 12.3. The topological polar surface area (TPSA) is 101 Å². The summed E-state index contributed by atoms with van der Waals surface area (Å²) in [5.74, 6) is -0.631. The Balaban J connectivity index is 1.83. The van der Waals surface area contributed by atoms with E-state index < -0.39 is 10.8 Å². The molecular weight excluding hydrogens is 364 g/mol. The molecule has 25 heavy (non-hydrogen) atoms. The molecule has 0 unspecified atom stereocenters. The lowest BCUT2D eigenvalue weighted by atomic mass is 10.3. The highest BCUT2D eigenvalue weighted by Gasteiger charge is 2.23. The average Bonchev–Trinajstić information content (AvgIpc) is 3.09. The molecular formula is C16H11ClN4O3S. The standard InChI is InChI=1S/C16H11ClN4O3S/c17-10-5-7-11(8-6-10)25-14-4-2-1-3-12(14)19-16(22)15-13(21(23)24)9-18-20-15/h1-9H,(H,18,20)(H,19,22). The third-order valence-electron chi connectivity index (χ3n) is 3.22. The van der Waals surface area contributed by atoms with Crippen LogP contribution in [0, 0.1) is 10.1 Å². The first-order chi connectivity index (χ1) is 12.0. The van der Waals surface area contributed by atoms with Crippen LogP contribution in [0.25, 0.3) is 0 Å². The fraction of sp³-hybridized carbons (Fsp3) is 0. The van der Waals surface area contributed by atoms with Crippen LogP contribution in [0.2, 0.25) is 5.02 Å². The predicted octanol–water partition coefficient (Wildman–Crippen LogP) is 4.37. The molecule has 3 rings (SSSR count). The van der Waals surface area contributed by atoms with Gasteiger partial charge in [-0.2, -0.15) is 5.10 Å². The van der Waals surface area contributed by atoms with Crippen molar-refractivity contribution in [2.24, 2.45) is 0 Å². The van der Waals surface area contributed by atoms with Crippen LogP contribution in [-0.2, 0) is 0 Å². The number of nitrogens with one attached hydrogen (secondary N) is 2. The fourth-order valence-corrected chi connectivity index (χ4v) is 3.09. The van der Waals surface area contributed by atoms with Gasteiger partial charge in [-0.25, -0.2) is 0 Å². The molecule has 7 nitrogen and oxygen atoms in total. The van der Waals surface area contributed by atoms with E-state index in [9.17, 15) is 14.9 Å². The van der Waals surface area contributed by atoms with Crippen molar-refractivity contribution in [1.82, 2.24) is 10.2 Å². The van der Waals surface area contributed by atoms with E-state index in [2.05, 4.69) is 15.5 Å². The number of hydrogen-bond acceptors (Lipinski definition) is 5. The van der Waals surface area contributed by atoms with Crippen molar-refractivity contribution in [3.05, 3.63) is 75.6 Å². The van der Waals surface area contributed by atoms with E-state index in [-0.39, 0.29) is 11.4 Å². The molecule has 126 valence electrons. The Morgan fingerprint density at radius 2 is 1.92 bits per heavy atom. The Morgan fingerprint density at radius 1 is 1.20 bits per heavy atom. The maximum Gasteiger partial charge on any atom is 0.319 e.